The summed E-state index contributed by atoms with van der Waals surface area (Å²) in [5.41, 5.74) is 2.62. The summed E-state index contributed by atoms with van der Waals surface area (Å²) >= 11 is 1.36. The van der Waals surface area contributed by atoms with Gasteiger partial charge in [-0.05, 0) is 42.2 Å². The molecule has 1 N–H and O–H groups in total. The number of thiophene rings is 1. The summed E-state index contributed by atoms with van der Waals surface area (Å²) in [6, 6.07) is 18.4. The highest BCUT2D eigenvalue weighted by Crippen LogP contribution is 2.31. The van der Waals surface area contributed by atoms with Gasteiger partial charge >= 0.3 is 0 Å². The summed E-state index contributed by atoms with van der Waals surface area (Å²) in [6.07, 6.45) is 2.34. The van der Waals surface area contributed by atoms with Crippen LogP contribution in [0.4, 0.5) is 4.39 Å². The van der Waals surface area contributed by atoms with E-state index in [2.05, 4.69) is 27.0 Å². The van der Waals surface area contributed by atoms with Crippen molar-refractivity contribution in [1.29, 1.82) is 0 Å². The van der Waals surface area contributed by atoms with Gasteiger partial charge in [0.05, 0.1) is 12.1 Å². The summed E-state index contributed by atoms with van der Waals surface area (Å²) in [6.45, 7) is 3.39. The van der Waals surface area contributed by atoms with Crippen LogP contribution in [0.3, 0.4) is 0 Å². The van der Waals surface area contributed by atoms with E-state index >= 15 is 0 Å². The van der Waals surface area contributed by atoms with Crippen molar-refractivity contribution in [2.24, 2.45) is 0 Å². The van der Waals surface area contributed by atoms with Crippen LogP contribution in [-0.2, 0) is 17.8 Å². The standard InChI is InChI=1S/C27H27FN4O2S/c28-21-11-9-20(10-12-21)23-17-22-26(35-23)27(34)30-24(29-22)18-31-13-15-32(16-14-31)25(33)8-4-7-19-5-2-1-3-6-19/h1-3,5-6,9-12,17H,4,7-8,13-16,18H2,(H,29,30,34). The number of aryl methyl sites for hydroxylation is 1. The number of fused-ring (bicyclic) bond motifs is 1. The average molecular weight is 491 g/mol. The molecule has 1 amide bonds. The summed E-state index contributed by atoms with van der Waals surface area (Å²) in [4.78, 5) is 37.9. The van der Waals surface area contributed by atoms with Crippen LogP contribution in [0.1, 0.15) is 24.2 Å². The maximum Gasteiger partial charge on any atom is 0.268 e. The molecular weight excluding hydrogens is 463 g/mol. The third-order valence-electron chi connectivity index (χ3n) is 6.36. The van der Waals surface area contributed by atoms with Gasteiger partial charge < -0.3 is 9.88 Å². The molecule has 0 radical (unpaired) electrons. The number of halogens is 1. The molecule has 4 aromatic rings. The number of aromatic amines is 1. The van der Waals surface area contributed by atoms with Gasteiger partial charge in [-0.3, -0.25) is 14.5 Å². The SMILES string of the molecule is O=C(CCCc1ccccc1)N1CCN(Cc2nc3cc(-c4ccc(F)cc4)sc3c(=O)[nH]2)CC1. The fourth-order valence-corrected chi connectivity index (χ4v) is 5.43. The fourth-order valence-electron chi connectivity index (χ4n) is 4.43. The molecule has 0 unspecified atom stereocenters. The molecule has 1 aliphatic rings. The number of rotatable bonds is 7. The average Bonchev–Trinajstić information content (AvgIpc) is 3.30. The highest BCUT2D eigenvalue weighted by molar-refractivity contribution is 7.22. The smallest absolute Gasteiger partial charge is 0.268 e. The number of piperazine rings is 1. The molecule has 8 heteroatoms. The van der Waals surface area contributed by atoms with E-state index < -0.39 is 0 Å². The Balaban J connectivity index is 1.16. The first-order valence-electron chi connectivity index (χ1n) is 11.9. The van der Waals surface area contributed by atoms with Crippen LogP contribution in [0.25, 0.3) is 20.7 Å². The van der Waals surface area contributed by atoms with E-state index in [-0.39, 0.29) is 17.3 Å². The first-order chi connectivity index (χ1) is 17.0. The molecule has 6 nitrogen and oxygen atoms in total. The minimum Gasteiger partial charge on any atom is -0.340 e. The second kappa shape index (κ2) is 10.5. The molecule has 1 fully saturated rings. The van der Waals surface area contributed by atoms with Crippen LogP contribution in [0, 0.1) is 5.82 Å². The van der Waals surface area contributed by atoms with Crippen molar-refractivity contribution >= 4 is 27.5 Å². The lowest BCUT2D eigenvalue weighted by Crippen LogP contribution is -2.48. The number of benzene rings is 2. The molecule has 5 rings (SSSR count). The molecular formula is C27H27FN4O2S. The lowest BCUT2D eigenvalue weighted by Gasteiger charge is -2.34. The minimum absolute atomic E-state index is 0.157. The lowest BCUT2D eigenvalue weighted by atomic mass is 10.1. The molecule has 0 bridgehead atoms. The van der Waals surface area contributed by atoms with E-state index in [1.807, 2.05) is 29.2 Å². The van der Waals surface area contributed by atoms with E-state index in [1.54, 1.807) is 12.1 Å². The molecule has 35 heavy (non-hydrogen) atoms. The number of H-pyrrole nitrogens is 1. The number of nitrogens with zero attached hydrogens (tertiary/aromatic N) is 3. The predicted octanol–water partition coefficient (Wildman–Crippen LogP) is 4.46. The van der Waals surface area contributed by atoms with E-state index in [0.29, 0.717) is 42.1 Å². The van der Waals surface area contributed by atoms with Crippen molar-refractivity contribution in [3.05, 3.63) is 88.2 Å². The maximum absolute atomic E-state index is 13.2. The summed E-state index contributed by atoms with van der Waals surface area (Å²) in [5.74, 6) is 0.538. The normalized spacial score (nSPS) is 14.5. The Bertz CT molecular complexity index is 1360. The Kier molecular flexibility index (Phi) is 7.01. The van der Waals surface area contributed by atoms with Crippen molar-refractivity contribution < 1.29 is 9.18 Å². The van der Waals surface area contributed by atoms with E-state index in [1.165, 1.54) is 29.0 Å². The Morgan fingerprint density at radius 2 is 1.77 bits per heavy atom. The monoisotopic (exact) mass is 490 g/mol. The number of carbonyl (C=O) groups excluding carboxylic acids is 1. The predicted molar refractivity (Wildman–Crippen MR) is 137 cm³/mol. The number of hydrogen-bond donors (Lipinski definition) is 1. The second-order valence-corrected chi connectivity index (χ2v) is 9.89. The minimum atomic E-state index is -0.290. The van der Waals surface area contributed by atoms with Gasteiger partial charge in [-0.15, -0.1) is 11.3 Å². The Hall–Kier alpha value is -3.36. The van der Waals surface area contributed by atoms with Gasteiger partial charge in [0.1, 0.15) is 16.3 Å². The first kappa shape index (κ1) is 23.4. The third kappa shape index (κ3) is 5.66. The van der Waals surface area contributed by atoms with Crippen molar-refractivity contribution in [3.8, 4) is 10.4 Å². The quantitative estimate of drug-likeness (QED) is 0.415. The molecule has 1 aliphatic heterocycles. The highest BCUT2D eigenvalue weighted by Gasteiger charge is 2.22. The maximum atomic E-state index is 13.2. The van der Waals surface area contributed by atoms with Gasteiger partial charge in [-0.1, -0.05) is 42.5 Å². The van der Waals surface area contributed by atoms with Crippen LogP contribution >= 0.6 is 11.3 Å². The van der Waals surface area contributed by atoms with Crippen LogP contribution in [-0.4, -0.2) is 51.9 Å². The highest BCUT2D eigenvalue weighted by atomic mass is 32.1. The van der Waals surface area contributed by atoms with Gasteiger partial charge in [-0.25, -0.2) is 9.37 Å². The van der Waals surface area contributed by atoms with Gasteiger partial charge in [0.25, 0.3) is 5.56 Å². The summed E-state index contributed by atoms with van der Waals surface area (Å²) < 4.78 is 13.8. The van der Waals surface area contributed by atoms with E-state index in [0.717, 1.165) is 36.4 Å². The second-order valence-electron chi connectivity index (χ2n) is 8.84. The summed E-state index contributed by atoms with van der Waals surface area (Å²) in [5, 5.41) is 0. The van der Waals surface area contributed by atoms with Gasteiger partial charge in [0.2, 0.25) is 5.91 Å². The van der Waals surface area contributed by atoms with Crippen LogP contribution in [0.2, 0.25) is 0 Å². The number of nitrogens with one attached hydrogen (secondary N) is 1. The largest absolute Gasteiger partial charge is 0.340 e. The lowest BCUT2D eigenvalue weighted by molar-refractivity contribution is -0.133. The number of carbonyl (C=O) groups is 1. The van der Waals surface area contributed by atoms with Crippen molar-refractivity contribution in [2.45, 2.75) is 25.8 Å². The molecule has 2 aromatic heterocycles. The zero-order valence-electron chi connectivity index (χ0n) is 19.4. The van der Waals surface area contributed by atoms with Crippen LogP contribution in [0.15, 0.2) is 65.5 Å². The van der Waals surface area contributed by atoms with Gasteiger partial charge in [0.15, 0.2) is 0 Å². The van der Waals surface area contributed by atoms with Crippen molar-refractivity contribution in [2.75, 3.05) is 26.2 Å². The molecule has 180 valence electrons. The van der Waals surface area contributed by atoms with Crippen LogP contribution < -0.4 is 5.56 Å². The Morgan fingerprint density at radius 1 is 1.03 bits per heavy atom. The van der Waals surface area contributed by atoms with Gasteiger partial charge in [0, 0.05) is 37.5 Å². The van der Waals surface area contributed by atoms with Crippen LogP contribution in [0.5, 0.6) is 0 Å². The number of amides is 1. The summed E-state index contributed by atoms with van der Waals surface area (Å²) in [7, 11) is 0. The molecule has 2 aromatic carbocycles. The number of hydrogen-bond acceptors (Lipinski definition) is 5. The molecule has 0 saturated carbocycles. The first-order valence-corrected chi connectivity index (χ1v) is 12.7. The zero-order valence-corrected chi connectivity index (χ0v) is 20.2. The van der Waals surface area contributed by atoms with E-state index in [9.17, 15) is 14.0 Å². The third-order valence-corrected chi connectivity index (χ3v) is 7.53. The molecule has 1 saturated heterocycles. The number of aromatic nitrogens is 2. The van der Waals surface area contributed by atoms with E-state index in [4.69, 9.17) is 0 Å². The fraction of sp³-hybridized carbons (Fsp3) is 0.296. The van der Waals surface area contributed by atoms with Crippen molar-refractivity contribution in [3.63, 3.8) is 0 Å². The molecule has 3 heterocycles. The molecule has 0 spiro atoms. The Morgan fingerprint density at radius 3 is 2.51 bits per heavy atom. The zero-order chi connectivity index (χ0) is 24.2. The molecule has 0 atom stereocenters. The topological polar surface area (TPSA) is 69.3 Å². The van der Waals surface area contributed by atoms with Gasteiger partial charge in [-0.2, -0.15) is 0 Å². The molecule has 0 aliphatic carbocycles. The van der Waals surface area contributed by atoms with Crippen molar-refractivity contribution in [1.82, 2.24) is 19.8 Å². The Labute approximate surface area is 207 Å².